The minimum Gasteiger partial charge on any atom is -0.490 e. The molecule has 2 aromatic rings. The first kappa shape index (κ1) is 23.2. The highest BCUT2D eigenvalue weighted by Crippen LogP contribution is 2.52. The van der Waals surface area contributed by atoms with Crippen LogP contribution in [0, 0.1) is 0 Å². The fourth-order valence-electron chi connectivity index (χ4n) is 5.09. The van der Waals surface area contributed by atoms with Crippen molar-refractivity contribution in [3.63, 3.8) is 0 Å². The molecule has 1 unspecified atom stereocenters. The van der Waals surface area contributed by atoms with Gasteiger partial charge in [0.05, 0.1) is 13.2 Å². The number of carbonyl (C=O) groups excluding carboxylic acids is 1. The highest BCUT2D eigenvalue weighted by molar-refractivity contribution is 5.84. The van der Waals surface area contributed by atoms with Crippen LogP contribution in [-0.2, 0) is 10.2 Å². The zero-order chi connectivity index (χ0) is 23.5. The molecule has 33 heavy (non-hydrogen) atoms. The van der Waals surface area contributed by atoms with E-state index in [0.717, 1.165) is 29.9 Å². The van der Waals surface area contributed by atoms with Crippen molar-refractivity contribution in [3.05, 3.63) is 59.7 Å². The second-order valence-electron chi connectivity index (χ2n) is 9.39. The molecule has 1 atom stereocenters. The molecule has 2 aliphatic rings. The van der Waals surface area contributed by atoms with Crippen LogP contribution in [0.25, 0.3) is 6.08 Å². The van der Waals surface area contributed by atoms with E-state index >= 15 is 0 Å². The normalized spacial score (nSPS) is 21.0. The van der Waals surface area contributed by atoms with Crippen LogP contribution in [0.1, 0.15) is 64.5 Å². The highest BCUT2D eigenvalue weighted by Gasteiger charge is 2.57. The summed E-state index contributed by atoms with van der Waals surface area (Å²) in [6.45, 7) is 10.6. The predicted octanol–water partition coefficient (Wildman–Crippen LogP) is 5.68. The molecular weight excluding hydrogens is 412 g/mol. The van der Waals surface area contributed by atoms with Gasteiger partial charge in [0.25, 0.3) is 0 Å². The quantitative estimate of drug-likeness (QED) is 0.501. The Labute approximate surface area is 197 Å². The van der Waals surface area contributed by atoms with Crippen molar-refractivity contribution in [3.8, 4) is 11.5 Å². The molecule has 0 saturated carbocycles. The summed E-state index contributed by atoms with van der Waals surface area (Å²) in [5.74, 6) is 1.62. The maximum Gasteiger partial charge on any atom is 0.223 e. The number of rotatable bonds is 9. The van der Waals surface area contributed by atoms with E-state index in [1.165, 1.54) is 17.7 Å². The average Bonchev–Trinajstić information content (AvgIpc) is 3.00. The third kappa shape index (κ3) is 4.21. The van der Waals surface area contributed by atoms with Gasteiger partial charge in [0.2, 0.25) is 5.91 Å². The number of fused-ring (bicyclic) bond motifs is 3. The zero-order valence-electron chi connectivity index (χ0n) is 20.3. The number of benzene rings is 2. The number of amides is 1. The molecule has 1 amide bonds. The van der Waals surface area contributed by atoms with Crippen LogP contribution in [0.2, 0.25) is 0 Å². The van der Waals surface area contributed by atoms with Gasteiger partial charge in [0.15, 0.2) is 11.5 Å². The van der Waals surface area contributed by atoms with Crippen LogP contribution < -0.4 is 19.7 Å². The lowest BCUT2D eigenvalue weighted by Gasteiger charge is -2.49. The minimum atomic E-state index is -0.618. The summed E-state index contributed by atoms with van der Waals surface area (Å²) in [5.41, 5.74) is 2.55. The lowest BCUT2D eigenvalue weighted by molar-refractivity contribution is -0.124. The summed E-state index contributed by atoms with van der Waals surface area (Å²) in [5, 5.41) is 3.33. The van der Waals surface area contributed by atoms with Crippen molar-refractivity contribution in [2.24, 2.45) is 0 Å². The Morgan fingerprint density at radius 3 is 2.67 bits per heavy atom. The van der Waals surface area contributed by atoms with Crippen molar-refractivity contribution >= 4 is 17.7 Å². The molecule has 2 aliphatic heterocycles. The summed E-state index contributed by atoms with van der Waals surface area (Å²) in [4.78, 5) is 14.9. The molecule has 5 nitrogen and oxygen atoms in total. The molecule has 0 spiro atoms. The molecular formula is C28H36N2O3. The predicted molar refractivity (Wildman–Crippen MR) is 134 cm³/mol. The van der Waals surface area contributed by atoms with Gasteiger partial charge < -0.3 is 19.7 Å². The van der Waals surface area contributed by atoms with Crippen LogP contribution >= 0.6 is 0 Å². The minimum absolute atomic E-state index is 0.0858. The van der Waals surface area contributed by atoms with Crippen molar-refractivity contribution < 1.29 is 14.3 Å². The smallest absolute Gasteiger partial charge is 0.223 e. The Morgan fingerprint density at radius 2 is 1.88 bits per heavy atom. The molecule has 0 aromatic heterocycles. The summed E-state index contributed by atoms with van der Waals surface area (Å²) < 4.78 is 11.9. The zero-order valence-corrected chi connectivity index (χ0v) is 20.3. The average molecular weight is 449 g/mol. The number of carbonyl (C=O) groups is 1. The molecule has 1 fully saturated rings. The van der Waals surface area contributed by atoms with E-state index in [1.54, 1.807) is 0 Å². The third-order valence-electron chi connectivity index (χ3n) is 6.93. The lowest BCUT2D eigenvalue weighted by Crippen LogP contribution is -2.68. The molecule has 1 N–H and O–H groups in total. The summed E-state index contributed by atoms with van der Waals surface area (Å²) in [6, 6.07) is 14.5. The number of hydrogen-bond donors (Lipinski definition) is 1. The van der Waals surface area contributed by atoms with E-state index in [-0.39, 0.29) is 11.3 Å². The van der Waals surface area contributed by atoms with Crippen LogP contribution in [0.3, 0.4) is 0 Å². The fraction of sp³-hybridized carbons (Fsp3) is 0.464. The first-order valence-corrected chi connectivity index (χ1v) is 12.2. The van der Waals surface area contributed by atoms with E-state index in [9.17, 15) is 4.79 Å². The van der Waals surface area contributed by atoms with Gasteiger partial charge in [0.1, 0.15) is 5.66 Å². The van der Waals surface area contributed by atoms with Gasteiger partial charge in [-0.3, -0.25) is 4.79 Å². The summed E-state index contributed by atoms with van der Waals surface area (Å²) in [6.07, 6.45) is 8.11. The summed E-state index contributed by atoms with van der Waals surface area (Å²) >= 11 is 0. The van der Waals surface area contributed by atoms with Gasteiger partial charge in [-0.25, -0.2) is 0 Å². The Balaban J connectivity index is 1.65. The van der Waals surface area contributed by atoms with Gasteiger partial charge in [0, 0.05) is 24.1 Å². The van der Waals surface area contributed by atoms with E-state index in [4.69, 9.17) is 9.47 Å². The Bertz CT molecular complexity index is 1030. The number of hydrogen-bond acceptors (Lipinski definition) is 4. The molecule has 0 bridgehead atoms. The van der Waals surface area contributed by atoms with Gasteiger partial charge in [-0.2, -0.15) is 0 Å². The molecule has 2 aromatic carbocycles. The molecule has 2 heterocycles. The largest absolute Gasteiger partial charge is 0.490 e. The first-order valence-electron chi connectivity index (χ1n) is 12.2. The van der Waals surface area contributed by atoms with E-state index < -0.39 is 5.66 Å². The van der Waals surface area contributed by atoms with E-state index in [1.807, 2.05) is 19.1 Å². The molecule has 0 aliphatic carbocycles. The maximum atomic E-state index is 12.6. The molecule has 4 rings (SSSR count). The number of nitrogens with zero attached hydrogens (tertiary/aromatic N) is 1. The number of unbranched alkanes of at least 4 members (excludes halogenated alkanes) is 2. The first-order chi connectivity index (χ1) is 15.9. The van der Waals surface area contributed by atoms with Crippen LogP contribution in [-0.4, -0.2) is 31.3 Å². The lowest BCUT2D eigenvalue weighted by atomic mass is 9.74. The standard InChI is InChI=1S/C28H36N2O3/c1-5-7-10-19-33-24-14-13-21(20-25(24)32-6-2)15-17-28-27(3,4)22-11-8-9-12-23(22)30(28)18-16-26(31)29-28/h8-9,11-15,17,20H,5-7,10,16,18-19H2,1-4H3,(H,29,31). The topological polar surface area (TPSA) is 50.8 Å². The number of ether oxygens (including phenoxy) is 2. The van der Waals surface area contributed by atoms with Crippen molar-refractivity contribution in [2.75, 3.05) is 24.7 Å². The second kappa shape index (κ2) is 9.50. The fourth-order valence-corrected chi connectivity index (χ4v) is 5.09. The van der Waals surface area contributed by atoms with E-state index in [2.05, 4.69) is 73.5 Å². The SMILES string of the molecule is CCCCCOc1ccc(C=CC23NC(=O)CCN2c2ccccc2C3(C)C)cc1OCC. The van der Waals surface area contributed by atoms with Gasteiger partial charge in [-0.05, 0) is 48.7 Å². The van der Waals surface area contributed by atoms with Crippen molar-refractivity contribution in [1.29, 1.82) is 0 Å². The number of anilines is 1. The Morgan fingerprint density at radius 1 is 1.06 bits per heavy atom. The second-order valence-corrected chi connectivity index (χ2v) is 9.39. The molecule has 5 heteroatoms. The Kier molecular flexibility index (Phi) is 6.68. The third-order valence-corrected chi connectivity index (χ3v) is 6.93. The maximum absolute atomic E-state index is 12.6. The summed E-state index contributed by atoms with van der Waals surface area (Å²) in [7, 11) is 0. The highest BCUT2D eigenvalue weighted by atomic mass is 16.5. The molecule has 176 valence electrons. The van der Waals surface area contributed by atoms with Crippen LogP contribution in [0.15, 0.2) is 48.5 Å². The number of para-hydroxylation sites is 1. The van der Waals surface area contributed by atoms with Crippen LogP contribution in [0.5, 0.6) is 11.5 Å². The van der Waals surface area contributed by atoms with E-state index in [0.29, 0.717) is 26.2 Å². The van der Waals surface area contributed by atoms with Gasteiger partial charge >= 0.3 is 0 Å². The van der Waals surface area contributed by atoms with Crippen LogP contribution in [0.4, 0.5) is 5.69 Å². The molecule has 0 radical (unpaired) electrons. The van der Waals surface area contributed by atoms with Gasteiger partial charge in [-0.15, -0.1) is 0 Å². The number of nitrogens with one attached hydrogen (secondary N) is 1. The Hall–Kier alpha value is -2.95. The van der Waals surface area contributed by atoms with Gasteiger partial charge in [-0.1, -0.05) is 64.0 Å². The van der Waals surface area contributed by atoms with Crippen molar-refractivity contribution in [2.45, 2.75) is 64.5 Å². The van der Waals surface area contributed by atoms with Crippen molar-refractivity contribution in [1.82, 2.24) is 5.32 Å². The monoisotopic (exact) mass is 448 g/mol. The molecule has 1 saturated heterocycles.